The Morgan fingerprint density at radius 2 is 1.86 bits per heavy atom. The molecule has 0 radical (unpaired) electrons. The average Bonchev–Trinajstić information content (AvgIpc) is 2.46. The number of fused-ring (bicyclic) bond motifs is 1. The van der Waals surface area contributed by atoms with E-state index in [9.17, 15) is 14.4 Å². The van der Waals surface area contributed by atoms with Gasteiger partial charge in [0.25, 0.3) is 0 Å². The molecular weight excluding hydrogens is 284 g/mol. The molecule has 1 aromatic carbocycles. The molecule has 116 valence electrons. The van der Waals surface area contributed by atoms with Crippen LogP contribution in [0.15, 0.2) is 23.0 Å². The number of imide groups is 1. The summed E-state index contributed by atoms with van der Waals surface area (Å²) < 4.78 is 5.13. The van der Waals surface area contributed by atoms with Gasteiger partial charge in [-0.25, -0.2) is 0 Å². The van der Waals surface area contributed by atoms with Crippen LogP contribution in [0.2, 0.25) is 0 Å². The molecule has 0 aliphatic rings. The summed E-state index contributed by atoms with van der Waals surface area (Å²) in [6, 6.07) is 5.16. The second kappa shape index (κ2) is 6.01. The number of H-pyrrole nitrogens is 1. The molecule has 1 heterocycles. The number of nitrogens with one attached hydrogen (secondary N) is 1. The summed E-state index contributed by atoms with van der Waals surface area (Å²) in [4.78, 5) is 39.9. The molecule has 1 aromatic heterocycles. The van der Waals surface area contributed by atoms with Gasteiger partial charge >= 0.3 is 0 Å². The lowest BCUT2D eigenvalue weighted by atomic mass is 10.1. The summed E-state index contributed by atoms with van der Waals surface area (Å²) in [5, 5.41) is 0.465. The van der Waals surface area contributed by atoms with Crippen molar-refractivity contribution in [1.29, 1.82) is 0 Å². The van der Waals surface area contributed by atoms with E-state index in [1.54, 1.807) is 25.1 Å². The second-order valence-electron chi connectivity index (χ2n) is 5.09. The predicted molar refractivity (Wildman–Crippen MR) is 82.8 cm³/mol. The summed E-state index contributed by atoms with van der Waals surface area (Å²) in [5.41, 5.74) is 1.50. The molecule has 0 bridgehead atoms. The number of aromatic nitrogens is 1. The maximum Gasteiger partial charge on any atom is 0.226 e. The fraction of sp³-hybridized carbons (Fsp3) is 0.312. The van der Waals surface area contributed by atoms with Crippen LogP contribution < -0.4 is 10.2 Å². The maximum atomic E-state index is 12.7. The second-order valence-corrected chi connectivity index (χ2v) is 5.09. The third kappa shape index (κ3) is 2.86. The first-order chi connectivity index (χ1) is 10.3. The number of hydrogen-bond acceptors (Lipinski definition) is 4. The highest BCUT2D eigenvalue weighted by atomic mass is 16.5. The molecule has 0 spiro atoms. The molecule has 0 saturated carbocycles. The summed E-state index contributed by atoms with van der Waals surface area (Å²) in [5.74, 6) is -0.211. The topological polar surface area (TPSA) is 79.5 Å². The van der Waals surface area contributed by atoms with Crippen LogP contribution in [-0.2, 0) is 16.1 Å². The number of aromatic amines is 1. The highest BCUT2D eigenvalue weighted by Crippen LogP contribution is 2.19. The molecule has 0 aliphatic heterocycles. The van der Waals surface area contributed by atoms with Crippen LogP contribution in [0.4, 0.5) is 0 Å². The van der Waals surface area contributed by atoms with E-state index >= 15 is 0 Å². The van der Waals surface area contributed by atoms with Crippen LogP contribution in [0, 0.1) is 6.92 Å². The smallest absolute Gasteiger partial charge is 0.226 e. The molecule has 6 nitrogen and oxygen atoms in total. The highest BCUT2D eigenvalue weighted by molar-refractivity contribution is 5.93. The summed E-state index contributed by atoms with van der Waals surface area (Å²) in [7, 11) is 1.53. The van der Waals surface area contributed by atoms with Gasteiger partial charge in [-0.05, 0) is 25.1 Å². The van der Waals surface area contributed by atoms with E-state index in [0.29, 0.717) is 27.9 Å². The first-order valence-corrected chi connectivity index (χ1v) is 6.83. The van der Waals surface area contributed by atoms with Crippen molar-refractivity contribution in [3.63, 3.8) is 0 Å². The first kappa shape index (κ1) is 15.8. The van der Waals surface area contributed by atoms with Gasteiger partial charge < -0.3 is 9.72 Å². The zero-order valence-corrected chi connectivity index (χ0v) is 13.0. The van der Waals surface area contributed by atoms with E-state index in [2.05, 4.69) is 4.98 Å². The number of carbonyl (C=O) groups is 2. The van der Waals surface area contributed by atoms with E-state index in [1.165, 1.54) is 21.0 Å². The molecule has 0 fully saturated rings. The van der Waals surface area contributed by atoms with Crippen LogP contribution >= 0.6 is 0 Å². The quantitative estimate of drug-likeness (QED) is 0.936. The normalized spacial score (nSPS) is 10.5. The van der Waals surface area contributed by atoms with E-state index < -0.39 is 11.8 Å². The molecule has 6 heteroatoms. The van der Waals surface area contributed by atoms with Crippen molar-refractivity contribution in [3.8, 4) is 5.75 Å². The molecule has 0 atom stereocenters. The molecule has 2 aromatic rings. The van der Waals surface area contributed by atoms with Gasteiger partial charge in [0.15, 0.2) is 5.43 Å². The molecule has 22 heavy (non-hydrogen) atoms. The summed E-state index contributed by atoms with van der Waals surface area (Å²) in [6.07, 6.45) is 0. The number of hydrogen-bond donors (Lipinski definition) is 1. The van der Waals surface area contributed by atoms with E-state index in [0.717, 1.165) is 4.90 Å². The largest absolute Gasteiger partial charge is 0.497 e. The lowest BCUT2D eigenvalue weighted by molar-refractivity contribution is -0.142. The van der Waals surface area contributed by atoms with E-state index in [4.69, 9.17) is 4.74 Å². The van der Waals surface area contributed by atoms with Gasteiger partial charge in [-0.3, -0.25) is 19.3 Å². The summed E-state index contributed by atoms with van der Waals surface area (Å²) in [6.45, 7) is 4.31. The Labute approximate surface area is 127 Å². The van der Waals surface area contributed by atoms with Crippen LogP contribution in [0.25, 0.3) is 10.9 Å². The first-order valence-electron chi connectivity index (χ1n) is 6.83. The standard InChI is InChI=1S/C16H18N2O4/c1-9-14(8-18(10(2)19)11(3)20)16(21)13-7-12(22-4)5-6-15(13)17-9/h5-7H,8H2,1-4H3,(H,17,21). The Balaban J connectivity index is 2.61. The number of amides is 2. The molecule has 2 amide bonds. The highest BCUT2D eigenvalue weighted by Gasteiger charge is 2.18. The van der Waals surface area contributed by atoms with Crippen molar-refractivity contribution >= 4 is 22.7 Å². The molecule has 0 aliphatic carbocycles. The van der Waals surface area contributed by atoms with Crippen LogP contribution in [0.3, 0.4) is 0 Å². The predicted octanol–water partition coefficient (Wildman–Crippen LogP) is 1.74. The molecule has 1 N–H and O–H groups in total. The number of carbonyl (C=O) groups excluding carboxylic acids is 2. The fourth-order valence-corrected chi connectivity index (χ4v) is 2.35. The summed E-state index contributed by atoms with van der Waals surface area (Å²) >= 11 is 0. The monoisotopic (exact) mass is 302 g/mol. The van der Waals surface area contributed by atoms with Crippen molar-refractivity contribution in [3.05, 3.63) is 39.7 Å². The van der Waals surface area contributed by atoms with Gasteiger partial charge in [0.05, 0.1) is 13.7 Å². The van der Waals surface area contributed by atoms with E-state index in [-0.39, 0.29) is 12.0 Å². The molecule has 2 rings (SSSR count). The van der Waals surface area contributed by atoms with Gasteiger partial charge in [-0.1, -0.05) is 0 Å². The molecule has 0 saturated heterocycles. The Morgan fingerprint density at radius 1 is 1.23 bits per heavy atom. The number of nitrogens with zero attached hydrogens (tertiary/aromatic N) is 1. The van der Waals surface area contributed by atoms with Crippen LogP contribution in [-0.4, -0.2) is 28.8 Å². The van der Waals surface area contributed by atoms with Gasteiger partial charge in [-0.2, -0.15) is 0 Å². The van der Waals surface area contributed by atoms with Gasteiger partial charge in [-0.15, -0.1) is 0 Å². The number of pyridine rings is 1. The Kier molecular flexibility index (Phi) is 4.30. The number of benzene rings is 1. The zero-order chi connectivity index (χ0) is 16.4. The Bertz CT molecular complexity index is 794. The minimum absolute atomic E-state index is 0.0427. The van der Waals surface area contributed by atoms with Crippen molar-refractivity contribution in [2.45, 2.75) is 27.3 Å². The number of rotatable bonds is 3. The minimum Gasteiger partial charge on any atom is -0.497 e. The van der Waals surface area contributed by atoms with E-state index in [1.807, 2.05) is 0 Å². The lowest BCUT2D eigenvalue weighted by Gasteiger charge is -2.18. The fourth-order valence-electron chi connectivity index (χ4n) is 2.35. The van der Waals surface area contributed by atoms with Gasteiger partial charge in [0.1, 0.15) is 5.75 Å². The molecular formula is C16H18N2O4. The third-order valence-corrected chi connectivity index (χ3v) is 3.60. The number of methoxy groups -OCH3 is 1. The SMILES string of the molecule is COc1ccc2[nH]c(C)c(CN(C(C)=O)C(C)=O)c(=O)c2c1. The van der Waals surface area contributed by atoms with Crippen LogP contribution in [0.1, 0.15) is 25.1 Å². The van der Waals surface area contributed by atoms with Crippen molar-refractivity contribution in [2.24, 2.45) is 0 Å². The Hall–Kier alpha value is -2.63. The number of aryl methyl sites for hydroxylation is 1. The Morgan fingerprint density at radius 3 is 2.41 bits per heavy atom. The van der Waals surface area contributed by atoms with Crippen molar-refractivity contribution in [2.75, 3.05) is 7.11 Å². The third-order valence-electron chi connectivity index (χ3n) is 3.60. The van der Waals surface area contributed by atoms with Gasteiger partial charge in [0.2, 0.25) is 11.8 Å². The minimum atomic E-state index is -0.392. The maximum absolute atomic E-state index is 12.7. The van der Waals surface area contributed by atoms with Crippen LogP contribution in [0.5, 0.6) is 5.75 Å². The van der Waals surface area contributed by atoms with Crippen molar-refractivity contribution < 1.29 is 14.3 Å². The number of ether oxygens (including phenoxy) is 1. The average molecular weight is 302 g/mol. The lowest BCUT2D eigenvalue weighted by Crippen LogP contribution is -2.35. The van der Waals surface area contributed by atoms with Gasteiger partial charge in [0, 0.05) is 36.0 Å². The van der Waals surface area contributed by atoms with Crippen molar-refractivity contribution in [1.82, 2.24) is 9.88 Å². The zero-order valence-electron chi connectivity index (χ0n) is 13.0. The molecule has 0 unspecified atom stereocenters.